The quantitative estimate of drug-likeness (QED) is 0.770. The molecule has 0 unspecified atom stereocenters. The van der Waals surface area contributed by atoms with Crippen molar-refractivity contribution in [2.45, 2.75) is 22.8 Å². The smallest absolute Gasteiger partial charge is 0.208 e. The van der Waals surface area contributed by atoms with Gasteiger partial charge in [-0.05, 0) is 31.2 Å². The lowest BCUT2D eigenvalue weighted by atomic mass is 10.1. The van der Waals surface area contributed by atoms with Crippen LogP contribution in [0.3, 0.4) is 0 Å². The molecular weight excluding hydrogens is 336 g/mol. The number of fused-ring (bicyclic) bond motifs is 3. The zero-order valence-corrected chi connectivity index (χ0v) is 13.6. The maximum absolute atomic E-state index is 12.7. The molecule has 0 aliphatic carbocycles. The van der Waals surface area contributed by atoms with Crippen LogP contribution in [-0.2, 0) is 22.8 Å². The lowest BCUT2D eigenvalue weighted by Gasteiger charge is -2.10. The molecule has 4 rings (SSSR count). The van der Waals surface area contributed by atoms with Gasteiger partial charge in [-0.1, -0.05) is 11.6 Å². The van der Waals surface area contributed by atoms with Crippen LogP contribution in [0.15, 0.2) is 50.9 Å². The Bertz CT molecular complexity index is 1010. The lowest BCUT2D eigenvalue weighted by molar-refractivity contribution is 0.487. The molecule has 0 bridgehead atoms. The Kier molecular flexibility index (Phi) is 3.41. The molecule has 0 radical (unpaired) electrons. The van der Waals surface area contributed by atoms with Gasteiger partial charge in [-0.2, -0.15) is 0 Å². The molecule has 0 saturated heterocycles. The van der Waals surface area contributed by atoms with Crippen LogP contribution in [0.25, 0.3) is 11.0 Å². The molecule has 0 atom stereocenters. The van der Waals surface area contributed by atoms with Gasteiger partial charge in [-0.25, -0.2) is 8.42 Å². The number of pyridine rings is 1. The summed E-state index contributed by atoms with van der Waals surface area (Å²) in [6.07, 6.45) is 3.58. The van der Waals surface area contributed by atoms with E-state index in [1.54, 1.807) is 12.1 Å². The maximum atomic E-state index is 12.7. The Hall–Kier alpha value is -1.89. The minimum Gasteiger partial charge on any atom is -0.459 e. The van der Waals surface area contributed by atoms with Crippen LogP contribution in [0.2, 0.25) is 5.02 Å². The number of nitrogens with zero attached hydrogens (tertiary/aromatic N) is 1. The normalized spacial score (nSPS) is 14.8. The fraction of sp³-hybridized carbons (Fsp3) is 0.188. The van der Waals surface area contributed by atoms with Gasteiger partial charge >= 0.3 is 0 Å². The summed E-state index contributed by atoms with van der Waals surface area (Å²) in [7, 11) is -3.68. The summed E-state index contributed by atoms with van der Waals surface area (Å²) in [5.41, 5.74) is 1.75. The SMILES string of the molecule is O=S(=O)(c1cncc(Cl)c1)c1ccc2c3c(oc2c1)CNCC3. The number of hydrogen-bond acceptors (Lipinski definition) is 5. The molecule has 1 aliphatic heterocycles. The van der Waals surface area contributed by atoms with Gasteiger partial charge in [0.15, 0.2) is 0 Å². The fourth-order valence-electron chi connectivity index (χ4n) is 2.86. The Morgan fingerprint density at radius 1 is 1.17 bits per heavy atom. The van der Waals surface area contributed by atoms with E-state index in [1.165, 1.54) is 18.5 Å². The number of rotatable bonds is 2. The highest BCUT2D eigenvalue weighted by Gasteiger charge is 2.22. The van der Waals surface area contributed by atoms with E-state index >= 15 is 0 Å². The van der Waals surface area contributed by atoms with Crippen molar-refractivity contribution in [1.29, 1.82) is 0 Å². The van der Waals surface area contributed by atoms with E-state index in [9.17, 15) is 8.42 Å². The van der Waals surface area contributed by atoms with Crippen molar-refractivity contribution in [2.75, 3.05) is 6.54 Å². The maximum Gasteiger partial charge on any atom is 0.208 e. The van der Waals surface area contributed by atoms with Gasteiger partial charge in [0.05, 0.1) is 21.4 Å². The Morgan fingerprint density at radius 3 is 2.87 bits per heavy atom. The molecule has 0 fully saturated rings. The molecule has 1 N–H and O–H groups in total. The molecule has 0 saturated carbocycles. The van der Waals surface area contributed by atoms with E-state index in [4.69, 9.17) is 16.0 Å². The lowest BCUT2D eigenvalue weighted by Crippen LogP contribution is -2.22. The van der Waals surface area contributed by atoms with Crippen molar-refractivity contribution in [3.63, 3.8) is 0 Å². The minimum atomic E-state index is -3.68. The summed E-state index contributed by atoms with van der Waals surface area (Å²) in [6.45, 7) is 1.57. The van der Waals surface area contributed by atoms with Crippen LogP contribution in [0.4, 0.5) is 0 Å². The van der Waals surface area contributed by atoms with Crippen LogP contribution in [0.1, 0.15) is 11.3 Å². The average molecular weight is 349 g/mol. The van der Waals surface area contributed by atoms with Crippen molar-refractivity contribution < 1.29 is 12.8 Å². The molecule has 1 aromatic carbocycles. The van der Waals surface area contributed by atoms with Gasteiger partial charge in [0.25, 0.3) is 0 Å². The number of benzene rings is 1. The first kappa shape index (κ1) is 14.7. The monoisotopic (exact) mass is 348 g/mol. The second kappa shape index (κ2) is 5.33. The van der Waals surface area contributed by atoms with Crippen molar-refractivity contribution >= 4 is 32.4 Å². The summed E-state index contributed by atoms with van der Waals surface area (Å²) < 4.78 is 31.3. The zero-order chi connectivity index (χ0) is 16.0. The first-order valence-corrected chi connectivity index (χ1v) is 9.02. The van der Waals surface area contributed by atoms with Gasteiger partial charge in [0.1, 0.15) is 11.3 Å². The largest absolute Gasteiger partial charge is 0.459 e. The van der Waals surface area contributed by atoms with Crippen molar-refractivity contribution in [3.8, 4) is 0 Å². The molecule has 1 aliphatic rings. The Morgan fingerprint density at radius 2 is 2.04 bits per heavy atom. The second-order valence-electron chi connectivity index (χ2n) is 5.43. The topological polar surface area (TPSA) is 72.2 Å². The standard InChI is InChI=1S/C16H13ClN2O3S/c17-10-5-12(8-19-7-10)23(20,21)11-1-2-13-14-3-4-18-9-16(14)22-15(13)6-11/h1-2,5-8,18H,3-4,9H2. The highest BCUT2D eigenvalue weighted by atomic mass is 35.5. The average Bonchev–Trinajstić information content (AvgIpc) is 2.92. The molecule has 3 heterocycles. The number of aromatic nitrogens is 1. The molecule has 118 valence electrons. The van der Waals surface area contributed by atoms with Gasteiger partial charge in [-0.3, -0.25) is 4.98 Å². The first-order chi connectivity index (χ1) is 11.1. The summed E-state index contributed by atoms with van der Waals surface area (Å²) in [5.74, 6) is 0.880. The van der Waals surface area contributed by atoms with E-state index in [0.29, 0.717) is 12.1 Å². The van der Waals surface area contributed by atoms with Gasteiger partial charge in [0, 0.05) is 29.4 Å². The molecule has 7 heteroatoms. The summed E-state index contributed by atoms with van der Waals surface area (Å²) in [4.78, 5) is 4.09. The predicted octanol–water partition coefficient (Wildman–Crippen LogP) is 2.96. The van der Waals surface area contributed by atoms with Gasteiger partial charge in [-0.15, -0.1) is 0 Å². The molecule has 23 heavy (non-hydrogen) atoms. The van der Waals surface area contributed by atoms with Gasteiger partial charge < -0.3 is 9.73 Å². The third-order valence-corrected chi connectivity index (χ3v) is 5.91. The Labute approximate surface area is 138 Å². The molecular formula is C16H13ClN2O3S. The summed E-state index contributed by atoms with van der Waals surface area (Å²) >= 11 is 5.85. The van der Waals surface area contributed by atoms with E-state index in [-0.39, 0.29) is 14.8 Å². The van der Waals surface area contributed by atoms with Crippen LogP contribution >= 0.6 is 11.6 Å². The molecule has 5 nitrogen and oxygen atoms in total. The van der Waals surface area contributed by atoms with E-state index in [1.807, 2.05) is 6.07 Å². The third kappa shape index (κ3) is 2.43. The number of hydrogen-bond donors (Lipinski definition) is 1. The summed E-state index contributed by atoms with van der Waals surface area (Å²) in [5, 5.41) is 4.50. The molecule has 2 aromatic heterocycles. The van der Waals surface area contributed by atoms with E-state index in [2.05, 4.69) is 10.3 Å². The minimum absolute atomic E-state index is 0.0716. The number of sulfone groups is 1. The fourth-order valence-corrected chi connectivity index (χ4v) is 4.36. The number of halogens is 1. The van der Waals surface area contributed by atoms with E-state index in [0.717, 1.165) is 29.7 Å². The zero-order valence-electron chi connectivity index (χ0n) is 12.0. The van der Waals surface area contributed by atoms with Crippen molar-refractivity contribution in [2.24, 2.45) is 0 Å². The van der Waals surface area contributed by atoms with Crippen molar-refractivity contribution in [3.05, 3.63) is 53.0 Å². The van der Waals surface area contributed by atoms with E-state index < -0.39 is 9.84 Å². The highest BCUT2D eigenvalue weighted by Crippen LogP contribution is 2.31. The number of furan rings is 1. The predicted molar refractivity (Wildman–Crippen MR) is 86.3 cm³/mol. The molecule has 3 aromatic rings. The summed E-state index contributed by atoms with van der Waals surface area (Å²) in [6, 6.07) is 6.39. The van der Waals surface area contributed by atoms with Crippen molar-refractivity contribution in [1.82, 2.24) is 10.3 Å². The molecule has 0 spiro atoms. The van der Waals surface area contributed by atoms with Crippen LogP contribution < -0.4 is 5.32 Å². The highest BCUT2D eigenvalue weighted by molar-refractivity contribution is 7.91. The Balaban J connectivity index is 1.86. The third-order valence-electron chi connectivity index (χ3n) is 3.99. The van der Waals surface area contributed by atoms with Crippen LogP contribution in [-0.4, -0.2) is 19.9 Å². The number of nitrogens with one attached hydrogen (secondary N) is 1. The van der Waals surface area contributed by atoms with Crippen LogP contribution in [0, 0.1) is 0 Å². The molecule has 0 amide bonds. The second-order valence-corrected chi connectivity index (χ2v) is 7.82. The van der Waals surface area contributed by atoms with Crippen LogP contribution in [0.5, 0.6) is 0 Å². The van der Waals surface area contributed by atoms with Gasteiger partial charge in [0.2, 0.25) is 9.84 Å². The first-order valence-electron chi connectivity index (χ1n) is 7.16.